The Bertz CT molecular complexity index is 709. The van der Waals surface area contributed by atoms with Gasteiger partial charge in [-0.25, -0.2) is 9.59 Å². The van der Waals surface area contributed by atoms with E-state index in [2.05, 4.69) is 0 Å². The smallest absolute Gasteiger partial charge is 0.374 e. The lowest BCUT2D eigenvalue weighted by atomic mass is 10.3. The van der Waals surface area contributed by atoms with Crippen LogP contribution in [0.5, 0.6) is 0 Å². The molecule has 0 saturated heterocycles. The van der Waals surface area contributed by atoms with Gasteiger partial charge in [-0.1, -0.05) is 0 Å². The molecular weight excluding hydrogens is 411 g/mol. The maximum atomic E-state index is 12.1. The minimum Gasteiger partial charge on any atom is -0.475 e. The number of nitrogens with two attached hydrogens (primary N) is 1. The van der Waals surface area contributed by atoms with E-state index in [9.17, 15) is 24.0 Å². The van der Waals surface area contributed by atoms with Crippen LogP contribution < -0.4 is 17.0 Å². The maximum Gasteiger partial charge on any atom is 0.374 e. The van der Waals surface area contributed by atoms with Crippen LogP contribution in [-0.2, 0) is 20.9 Å². The Labute approximate surface area is 137 Å². The summed E-state index contributed by atoms with van der Waals surface area (Å²) in [5, 5.41) is 8.57. The molecule has 0 aliphatic rings. The Morgan fingerprint density at radius 1 is 1.36 bits per heavy atom. The van der Waals surface area contributed by atoms with Crippen LogP contribution in [0.2, 0.25) is 0 Å². The van der Waals surface area contributed by atoms with Crippen molar-refractivity contribution in [1.82, 2.24) is 14.5 Å². The summed E-state index contributed by atoms with van der Waals surface area (Å²) in [7, 11) is 0. The second kappa shape index (κ2) is 7.84. The number of hydrogen-bond donors (Lipinski definition) is 3. The van der Waals surface area contributed by atoms with E-state index in [0.717, 1.165) is 9.47 Å². The molecule has 0 atom stereocenters. The van der Waals surface area contributed by atoms with Crippen LogP contribution in [0, 0.1) is 3.57 Å². The second-order valence-electron chi connectivity index (χ2n) is 4.20. The Hall–Kier alpha value is -2.02. The number of H-pyrrole nitrogens is 1. The van der Waals surface area contributed by atoms with E-state index >= 15 is 0 Å². The van der Waals surface area contributed by atoms with Crippen LogP contribution in [0.4, 0.5) is 0 Å². The van der Waals surface area contributed by atoms with E-state index in [1.54, 1.807) is 22.6 Å². The molecule has 0 unspecified atom stereocenters. The van der Waals surface area contributed by atoms with Gasteiger partial charge in [-0.15, -0.1) is 0 Å². The summed E-state index contributed by atoms with van der Waals surface area (Å²) in [6.07, 6.45) is 1.19. The van der Waals surface area contributed by atoms with Gasteiger partial charge in [0.1, 0.15) is 6.54 Å². The molecule has 0 bridgehead atoms. The number of carboxylic acid groups (broad SMARTS) is 1. The van der Waals surface area contributed by atoms with Gasteiger partial charge in [0.25, 0.3) is 11.3 Å². The number of carboxylic acids is 1. The molecule has 1 rings (SSSR count). The number of aromatic nitrogens is 2. The van der Waals surface area contributed by atoms with E-state index in [0.29, 0.717) is 0 Å². The van der Waals surface area contributed by atoms with Crippen molar-refractivity contribution < 1.29 is 19.5 Å². The summed E-state index contributed by atoms with van der Waals surface area (Å²) in [6, 6.07) is 0. The zero-order valence-corrected chi connectivity index (χ0v) is 13.4. The highest BCUT2D eigenvalue weighted by atomic mass is 127. The zero-order valence-electron chi connectivity index (χ0n) is 11.2. The molecule has 1 amide bonds. The first-order chi connectivity index (χ1) is 10.3. The fourth-order valence-corrected chi connectivity index (χ4v) is 2.01. The molecule has 0 aliphatic heterocycles. The highest BCUT2D eigenvalue weighted by Crippen LogP contribution is 1.96. The van der Waals surface area contributed by atoms with E-state index in [1.807, 2.05) is 4.98 Å². The van der Waals surface area contributed by atoms with Crippen molar-refractivity contribution in [2.75, 3.05) is 19.6 Å². The maximum absolute atomic E-state index is 12.1. The van der Waals surface area contributed by atoms with Crippen LogP contribution in [0.3, 0.4) is 0 Å². The molecule has 4 N–H and O–H groups in total. The predicted molar refractivity (Wildman–Crippen MR) is 82.3 cm³/mol. The Morgan fingerprint density at radius 2 is 2.00 bits per heavy atom. The number of hydrogen-bond acceptors (Lipinski definition) is 6. The minimum atomic E-state index is -1.66. The third kappa shape index (κ3) is 4.77. The summed E-state index contributed by atoms with van der Waals surface area (Å²) < 4.78 is 1.16. The molecule has 0 aromatic carbocycles. The number of nitrogens with one attached hydrogen (secondary N) is 1. The molecule has 0 fully saturated rings. The van der Waals surface area contributed by atoms with Crippen LogP contribution in [0.15, 0.2) is 15.8 Å². The summed E-state index contributed by atoms with van der Waals surface area (Å²) in [5.41, 5.74) is 3.96. The van der Waals surface area contributed by atoms with Gasteiger partial charge in [0.05, 0.1) is 10.1 Å². The molecule has 1 heterocycles. The zero-order chi connectivity index (χ0) is 16.9. The largest absolute Gasteiger partial charge is 0.475 e. The predicted octanol–water partition coefficient (Wildman–Crippen LogP) is -2.42. The fraction of sp³-hybridized carbons (Fsp3) is 0.364. The Kier molecular flexibility index (Phi) is 6.42. The van der Waals surface area contributed by atoms with E-state index in [-0.39, 0.29) is 16.7 Å². The number of rotatable bonds is 7. The monoisotopic (exact) mass is 424 g/mol. The highest BCUT2D eigenvalue weighted by Gasteiger charge is 2.21. The average molecular weight is 424 g/mol. The lowest BCUT2D eigenvalue weighted by Crippen LogP contribution is -2.44. The van der Waals surface area contributed by atoms with Gasteiger partial charge in [-0.05, 0) is 22.6 Å². The second-order valence-corrected chi connectivity index (χ2v) is 5.36. The normalized spacial score (nSPS) is 10.3. The van der Waals surface area contributed by atoms with Crippen LogP contribution >= 0.6 is 22.6 Å². The third-order valence-corrected chi connectivity index (χ3v) is 3.37. The molecule has 0 aliphatic carbocycles. The minimum absolute atomic E-state index is 0.0245. The number of Topliss-reactive ketones (excluding diaryl/α,β-unsaturated/α-hetero) is 1. The lowest BCUT2D eigenvalue weighted by Gasteiger charge is -2.20. The lowest BCUT2D eigenvalue weighted by molar-refractivity contribution is -0.150. The number of aromatic amines is 1. The number of halogens is 1. The van der Waals surface area contributed by atoms with Crippen molar-refractivity contribution in [3.63, 3.8) is 0 Å². The molecular formula is C11H13IN4O6. The molecule has 1 aromatic heterocycles. The molecule has 1 aromatic rings. The standard InChI is InChI=1S/C11H13IN4O6/c12-6-3-16(11(22)14-9(6)19)5-8(18)15(2-1-13)4-7(17)10(20)21/h3H,1-2,4-5,13H2,(H,20,21)(H,14,19,22). The van der Waals surface area contributed by atoms with Crippen LogP contribution in [-0.4, -0.2) is 56.9 Å². The van der Waals surface area contributed by atoms with Crippen molar-refractivity contribution in [2.24, 2.45) is 5.73 Å². The van der Waals surface area contributed by atoms with Gasteiger partial charge in [-0.2, -0.15) is 0 Å². The molecule has 0 radical (unpaired) electrons. The van der Waals surface area contributed by atoms with Gasteiger partial charge in [0.15, 0.2) is 0 Å². The molecule has 10 nitrogen and oxygen atoms in total. The van der Waals surface area contributed by atoms with E-state index in [4.69, 9.17) is 10.8 Å². The van der Waals surface area contributed by atoms with E-state index < -0.39 is 42.0 Å². The highest BCUT2D eigenvalue weighted by molar-refractivity contribution is 14.1. The summed E-state index contributed by atoms with van der Waals surface area (Å²) in [4.78, 5) is 59.6. The van der Waals surface area contributed by atoms with Gasteiger partial charge in [-0.3, -0.25) is 23.9 Å². The van der Waals surface area contributed by atoms with Crippen molar-refractivity contribution >= 4 is 40.3 Å². The van der Waals surface area contributed by atoms with E-state index in [1.165, 1.54) is 6.20 Å². The quantitative estimate of drug-likeness (QED) is 0.325. The van der Waals surface area contributed by atoms with Gasteiger partial charge >= 0.3 is 11.7 Å². The van der Waals surface area contributed by atoms with Crippen molar-refractivity contribution in [1.29, 1.82) is 0 Å². The third-order valence-electron chi connectivity index (χ3n) is 2.60. The summed E-state index contributed by atoms with van der Waals surface area (Å²) in [6.45, 7) is -1.09. The topological polar surface area (TPSA) is 156 Å². The van der Waals surface area contributed by atoms with Crippen LogP contribution in [0.1, 0.15) is 0 Å². The molecule has 0 spiro atoms. The van der Waals surface area contributed by atoms with Gasteiger partial charge in [0.2, 0.25) is 5.91 Å². The van der Waals surface area contributed by atoms with Gasteiger partial charge in [0, 0.05) is 19.3 Å². The number of carbonyl (C=O) groups excluding carboxylic acids is 2. The molecule has 22 heavy (non-hydrogen) atoms. The fourth-order valence-electron chi connectivity index (χ4n) is 1.53. The first-order valence-electron chi connectivity index (χ1n) is 5.99. The first kappa shape index (κ1) is 18.0. The van der Waals surface area contributed by atoms with Crippen molar-refractivity contribution in [3.05, 3.63) is 30.6 Å². The number of ketones is 1. The van der Waals surface area contributed by atoms with Crippen molar-refractivity contribution in [3.8, 4) is 0 Å². The summed E-state index contributed by atoms with van der Waals surface area (Å²) >= 11 is 1.70. The molecule has 120 valence electrons. The Balaban J connectivity index is 2.94. The summed E-state index contributed by atoms with van der Waals surface area (Å²) in [5.74, 6) is -3.49. The number of carbonyl (C=O) groups is 3. The number of amides is 1. The first-order valence-corrected chi connectivity index (χ1v) is 7.07. The van der Waals surface area contributed by atoms with Crippen LogP contribution in [0.25, 0.3) is 0 Å². The average Bonchev–Trinajstić information content (AvgIpc) is 2.43. The van der Waals surface area contributed by atoms with Gasteiger partial charge < -0.3 is 15.7 Å². The SMILES string of the molecule is NCCN(CC(=O)C(=O)O)C(=O)Cn1cc(I)c(=O)[nH]c1=O. The molecule has 0 saturated carbocycles. The Morgan fingerprint density at radius 3 is 2.55 bits per heavy atom. The molecule has 11 heteroatoms. The van der Waals surface area contributed by atoms with Crippen molar-refractivity contribution in [2.45, 2.75) is 6.54 Å². The number of nitrogens with zero attached hydrogens (tertiary/aromatic N) is 2. The number of aliphatic carboxylic acids is 1.